The first-order valence-corrected chi connectivity index (χ1v) is 6.42. The summed E-state index contributed by atoms with van der Waals surface area (Å²) in [5.74, 6) is 0.485. The van der Waals surface area contributed by atoms with Crippen LogP contribution in [0.5, 0.6) is 0 Å². The van der Waals surface area contributed by atoms with Crippen LogP contribution in [0, 0.1) is 5.92 Å². The number of esters is 1. The van der Waals surface area contributed by atoms with E-state index in [9.17, 15) is 4.79 Å². The van der Waals surface area contributed by atoms with E-state index in [1.165, 1.54) is 12.7 Å². The maximum absolute atomic E-state index is 11.3. The van der Waals surface area contributed by atoms with Crippen molar-refractivity contribution in [3.63, 3.8) is 0 Å². The summed E-state index contributed by atoms with van der Waals surface area (Å²) in [5.41, 5.74) is 8.15. The lowest BCUT2D eigenvalue weighted by molar-refractivity contribution is -0.141. The van der Waals surface area contributed by atoms with Gasteiger partial charge in [0.2, 0.25) is 0 Å². The van der Waals surface area contributed by atoms with Crippen molar-refractivity contribution in [1.29, 1.82) is 0 Å². The van der Waals surface area contributed by atoms with Crippen molar-refractivity contribution in [2.24, 2.45) is 11.7 Å². The molecule has 18 heavy (non-hydrogen) atoms. The molecule has 1 aromatic rings. The topological polar surface area (TPSA) is 52.3 Å². The Labute approximate surface area is 109 Å². The van der Waals surface area contributed by atoms with Gasteiger partial charge in [0, 0.05) is 5.92 Å². The van der Waals surface area contributed by atoms with Crippen molar-refractivity contribution in [2.75, 3.05) is 13.7 Å². The monoisotopic (exact) mass is 249 g/mol. The average molecular weight is 249 g/mol. The van der Waals surface area contributed by atoms with Gasteiger partial charge in [-0.1, -0.05) is 38.1 Å². The predicted octanol–water partition coefficient (Wildman–Crippen LogP) is 2.49. The molecule has 3 nitrogen and oxygen atoms in total. The van der Waals surface area contributed by atoms with Gasteiger partial charge >= 0.3 is 5.97 Å². The Morgan fingerprint density at radius 2 is 1.89 bits per heavy atom. The molecule has 0 aliphatic carbocycles. The van der Waals surface area contributed by atoms with Crippen molar-refractivity contribution in [1.82, 2.24) is 0 Å². The number of hydrogen-bond donors (Lipinski definition) is 1. The zero-order chi connectivity index (χ0) is 13.5. The minimum Gasteiger partial charge on any atom is -0.469 e. The molecule has 100 valence electrons. The number of benzene rings is 1. The van der Waals surface area contributed by atoms with E-state index in [-0.39, 0.29) is 11.9 Å². The number of ether oxygens (including phenoxy) is 1. The molecule has 0 aromatic heterocycles. The predicted molar refractivity (Wildman–Crippen MR) is 73.4 cm³/mol. The van der Waals surface area contributed by atoms with Crippen LogP contribution in [0.2, 0.25) is 0 Å². The van der Waals surface area contributed by atoms with E-state index < -0.39 is 0 Å². The van der Waals surface area contributed by atoms with Crippen LogP contribution in [0.1, 0.15) is 37.3 Å². The highest BCUT2D eigenvalue weighted by Gasteiger charge is 2.14. The molecule has 0 saturated heterocycles. The molecule has 3 heteroatoms. The molecular weight excluding hydrogens is 226 g/mol. The summed E-state index contributed by atoms with van der Waals surface area (Å²) in [6.45, 7) is 4.86. The number of hydrogen-bond acceptors (Lipinski definition) is 3. The third kappa shape index (κ3) is 4.49. The smallest absolute Gasteiger partial charge is 0.306 e. The van der Waals surface area contributed by atoms with Crippen LogP contribution in [0.25, 0.3) is 0 Å². The summed E-state index contributed by atoms with van der Waals surface area (Å²) in [5, 5.41) is 0. The van der Waals surface area contributed by atoms with Crippen molar-refractivity contribution in [3.05, 3.63) is 35.4 Å². The van der Waals surface area contributed by atoms with Gasteiger partial charge in [0.15, 0.2) is 0 Å². The molecule has 0 saturated carbocycles. The van der Waals surface area contributed by atoms with E-state index in [0.29, 0.717) is 18.9 Å². The molecular formula is C15H23NO2. The normalized spacial score (nSPS) is 12.5. The lowest BCUT2D eigenvalue weighted by Gasteiger charge is -2.14. The minimum atomic E-state index is -0.211. The summed E-state index contributed by atoms with van der Waals surface area (Å²) < 4.78 is 4.69. The van der Waals surface area contributed by atoms with Crippen LogP contribution < -0.4 is 5.73 Å². The van der Waals surface area contributed by atoms with E-state index >= 15 is 0 Å². The van der Waals surface area contributed by atoms with E-state index in [1.54, 1.807) is 0 Å². The van der Waals surface area contributed by atoms with Crippen LogP contribution in [-0.2, 0) is 16.0 Å². The number of nitrogens with two attached hydrogens (primary N) is 1. The summed E-state index contributed by atoms with van der Waals surface area (Å²) >= 11 is 0. The Hall–Kier alpha value is -1.35. The third-order valence-electron chi connectivity index (χ3n) is 3.02. The second kappa shape index (κ2) is 7.17. The lowest BCUT2D eigenvalue weighted by atomic mass is 9.93. The SMILES string of the molecule is COC(=O)CC(CN)c1ccc(CC(C)C)cc1. The maximum atomic E-state index is 11.3. The van der Waals surface area contributed by atoms with Gasteiger partial charge in [-0.25, -0.2) is 0 Å². The number of carbonyl (C=O) groups excluding carboxylic acids is 1. The number of rotatable bonds is 6. The summed E-state index contributed by atoms with van der Waals surface area (Å²) in [7, 11) is 1.40. The molecule has 0 radical (unpaired) electrons. The second-order valence-corrected chi connectivity index (χ2v) is 5.05. The van der Waals surface area contributed by atoms with Crippen LogP contribution in [0.4, 0.5) is 0 Å². The highest BCUT2D eigenvalue weighted by Crippen LogP contribution is 2.20. The molecule has 2 N–H and O–H groups in total. The van der Waals surface area contributed by atoms with Gasteiger partial charge in [-0.15, -0.1) is 0 Å². The van der Waals surface area contributed by atoms with Crippen molar-refractivity contribution in [2.45, 2.75) is 32.6 Å². The molecule has 1 aromatic carbocycles. The Balaban J connectivity index is 2.72. The Bertz CT molecular complexity index is 371. The van der Waals surface area contributed by atoms with Crippen LogP contribution in [-0.4, -0.2) is 19.6 Å². The first-order chi connectivity index (χ1) is 8.56. The average Bonchev–Trinajstić information content (AvgIpc) is 2.36. The maximum Gasteiger partial charge on any atom is 0.306 e. The Morgan fingerprint density at radius 1 is 1.28 bits per heavy atom. The second-order valence-electron chi connectivity index (χ2n) is 5.05. The first kappa shape index (κ1) is 14.7. The van der Waals surface area contributed by atoms with Gasteiger partial charge < -0.3 is 10.5 Å². The van der Waals surface area contributed by atoms with Gasteiger partial charge in [0.05, 0.1) is 13.5 Å². The van der Waals surface area contributed by atoms with E-state index in [2.05, 4.69) is 42.8 Å². The summed E-state index contributed by atoms with van der Waals surface area (Å²) in [6.07, 6.45) is 1.42. The van der Waals surface area contributed by atoms with Crippen LogP contribution in [0.3, 0.4) is 0 Å². The van der Waals surface area contributed by atoms with Crippen molar-refractivity contribution >= 4 is 5.97 Å². The molecule has 0 bridgehead atoms. The molecule has 1 atom stereocenters. The molecule has 1 rings (SSSR count). The molecule has 0 aliphatic rings. The Morgan fingerprint density at radius 3 is 2.33 bits per heavy atom. The van der Waals surface area contributed by atoms with Crippen LogP contribution >= 0.6 is 0 Å². The molecule has 0 spiro atoms. The minimum absolute atomic E-state index is 0.0468. The largest absolute Gasteiger partial charge is 0.469 e. The van der Waals surface area contributed by atoms with Gasteiger partial charge in [-0.2, -0.15) is 0 Å². The standard InChI is InChI=1S/C15H23NO2/c1-11(2)8-12-4-6-13(7-5-12)14(10-16)9-15(17)18-3/h4-7,11,14H,8-10,16H2,1-3H3. The van der Waals surface area contributed by atoms with Gasteiger partial charge in [0.25, 0.3) is 0 Å². The number of carbonyl (C=O) groups is 1. The molecule has 0 fully saturated rings. The fraction of sp³-hybridized carbons (Fsp3) is 0.533. The van der Waals surface area contributed by atoms with E-state index in [0.717, 1.165) is 12.0 Å². The zero-order valence-electron chi connectivity index (χ0n) is 11.5. The molecule has 1 unspecified atom stereocenters. The summed E-state index contributed by atoms with van der Waals surface area (Å²) in [6, 6.07) is 8.38. The highest BCUT2D eigenvalue weighted by atomic mass is 16.5. The van der Waals surface area contributed by atoms with Crippen molar-refractivity contribution < 1.29 is 9.53 Å². The first-order valence-electron chi connectivity index (χ1n) is 6.42. The molecule has 0 aliphatic heterocycles. The van der Waals surface area contributed by atoms with E-state index in [1.807, 2.05) is 0 Å². The lowest BCUT2D eigenvalue weighted by Crippen LogP contribution is -2.17. The highest BCUT2D eigenvalue weighted by molar-refractivity contribution is 5.70. The Kier molecular flexibility index (Phi) is 5.86. The molecule has 0 heterocycles. The zero-order valence-corrected chi connectivity index (χ0v) is 11.5. The van der Waals surface area contributed by atoms with E-state index in [4.69, 9.17) is 5.73 Å². The molecule has 0 amide bonds. The fourth-order valence-corrected chi connectivity index (χ4v) is 2.02. The quantitative estimate of drug-likeness (QED) is 0.788. The van der Waals surface area contributed by atoms with Gasteiger partial charge in [-0.3, -0.25) is 4.79 Å². The van der Waals surface area contributed by atoms with Gasteiger partial charge in [-0.05, 0) is 30.0 Å². The summed E-state index contributed by atoms with van der Waals surface area (Å²) in [4.78, 5) is 11.3. The third-order valence-corrected chi connectivity index (χ3v) is 3.02. The fourth-order valence-electron chi connectivity index (χ4n) is 2.02. The number of methoxy groups -OCH3 is 1. The van der Waals surface area contributed by atoms with Crippen LogP contribution in [0.15, 0.2) is 24.3 Å². The van der Waals surface area contributed by atoms with Crippen molar-refractivity contribution in [3.8, 4) is 0 Å². The van der Waals surface area contributed by atoms with Gasteiger partial charge in [0.1, 0.15) is 0 Å².